The van der Waals surface area contributed by atoms with Crippen LogP contribution in [0.4, 0.5) is 0 Å². The van der Waals surface area contributed by atoms with E-state index in [9.17, 15) is 0 Å². The highest BCUT2D eigenvalue weighted by molar-refractivity contribution is 8.03. The molecule has 2 aromatic rings. The molecule has 4 rings (SSSR count). The number of nitrogens with two attached hydrogens (primary N) is 2. The summed E-state index contributed by atoms with van der Waals surface area (Å²) < 4.78 is 0. The van der Waals surface area contributed by atoms with Gasteiger partial charge in [-0.25, -0.2) is 0 Å². The van der Waals surface area contributed by atoms with Crippen LogP contribution in [0.15, 0.2) is 47.9 Å². The lowest BCUT2D eigenvalue weighted by molar-refractivity contribution is 0.289. The van der Waals surface area contributed by atoms with Gasteiger partial charge in [-0.2, -0.15) is 0 Å². The van der Waals surface area contributed by atoms with E-state index in [-0.39, 0.29) is 0 Å². The lowest BCUT2D eigenvalue weighted by atomic mass is 9.90. The number of nitrogens with one attached hydrogen (secondary N) is 4. The Kier molecular flexibility index (Phi) is 23.9. The summed E-state index contributed by atoms with van der Waals surface area (Å²) in [5.41, 5.74) is 10.8. The molecule has 8 N–H and O–H groups in total. The highest BCUT2D eigenvalue weighted by Crippen LogP contribution is 2.24. The minimum atomic E-state index is 0.555. The van der Waals surface area contributed by atoms with Crippen molar-refractivity contribution in [3.8, 4) is 0 Å². The van der Waals surface area contributed by atoms with Gasteiger partial charge in [0.25, 0.3) is 0 Å². The summed E-state index contributed by atoms with van der Waals surface area (Å²) in [4.78, 5) is 7.01. The largest absolute Gasteiger partial charge is 0.330 e. The molecule has 2 aliphatic carbocycles. The van der Waals surface area contributed by atoms with Gasteiger partial charge < -0.3 is 32.7 Å². The van der Waals surface area contributed by atoms with Crippen molar-refractivity contribution in [2.75, 3.05) is 25.4 Å². The van der Waals surface area contributed by atoms with Crippen LogP contribution in [0, 0.1) is 0 Å². The standard InChI is InChI=1S/C34H60N4S2.C7H12N2S/c1-4-6-9-15-28(3)35-23-14-24-39-30(18-7-5-2)25-37-33-19-12-13-20-34(33)38-27-32-22-21-31(40-32)26-36-29-16-10-8-11-17-29;8-4-3-6-1-2-7(5-9)10-6/h5,18,21-22,28-29,33-38H,2,4,6-17,19-20,23-27H2,1,3H3;1-2H,3-5,8-9H2/b30-18-;. The molecular formula is C41H72N6S3. The van der Waals surface area contributed by atoms with Crippen molar-refractivity contribution in [3.63, 3.8) is 0 Å². The quantitative estimate of drug-likeness (QED) is 0.0472. The van der Waals surface area contributed by atoms with E-state index in [0.29, 0.717) is 24.7 Å². The number of hydrogen-bond acceptors (Lipinski definition) is 9. The molecule has 0 aromatic carbocycles. The van der Waals surface area contributed by atoms with Crippen molar-refractivity contribution < 1.29 is 0 Å². The summed E-state index contributed by atoms with van der Waals surface area (Å²) in [6.07, 6.45) is 25.0. The van der Waals surface area contributed by atoms with Gasteiger partial charge in [0.05, 0.1) is 0 Å². The summed E-state index contributed by atoms with van der Waals surface area (Å²) in [5, 5.41) is 15.4. The van der Waals surface area contributed by atoms with Gasteiger partial charge in [0.1, 0.15) is 0 Å². The molecule has 0 amide bonds. The normalized spacial score (nSPS) is 19.2. The van der Waals surface area contributed by atoms with Gasteiger partial charge in [0.15, 0.2) is 0 Å². The van der Waals surface area contributed by atoms with Crippen LogP contribution in [0.1, 0.15) is 130 Å². The number of thiophene rings is 2. The summed E-state index contributed by atoms with van der Waals surface area (Å²) in [6, 6.07) is 11.3. The summed E-state index contributed by atoms with van der Waals surface area (Å²) in [6.45, 7) is 14.1. The molecule has 0 spiro atoms. The molecular weight excluding hydrogens is 673 g/mol. The first-order valence-electron chi connectivity index (χ1n) is 20.0. The van der Waals surface area contributed by atoms with Crippen LogP contribution in [0.25, 0.3) is 0 Å². The van der Waals surface area contributed by atoms with Gasteiger partial charge in [0.2, 0.25) is 0 Å². The predicted molar refractivity (Wildman–Crippen MR) is 225 cm³/mol. The first kappa shape index (κ1) is 43.4. The zero-order chi connectivity index (χ0) is 35.7. The highest BCUT2D eigenvalue weighted by atomic mass is 32.2. The van der Waals surface area contributed by atoms with Crippen LogP contribution >= 0.6 is 34.4 Å². The third-order valence-electron chi connectivity index (χ3n) is 9.89. The van der Waals surface area contributed by atoms with Crippen LogP contribution in [-0.4, -0.2) is 49.6 Å². The number of allylic oxidation sites excluding steroid dienone is 2. The maximum absolute atomic E-state index is 5.44. The maximum Gasteiger partial charge on any atom is 0.0303 e. The van der Waals surface area contributed by atoms with Gasteiger partial charge >= 0.3 is 0 Å². The van der Waals surface area contributed by atoms with Gasteiger partial charge in [-0.1, -0.05) is 70.4 Å². The van der Waals surface area contributed by atoms with E-state index in [1.54, 1.807) is 11.3 Å². The van der Waals surface area contributed by atoms with E-state index in [4.69, 9.17) is 11.5 Å². The van der Waals surface area contributed by atoms with Gasteiger partial charge in [-0.15, -0.1) is 41.0 Å². The molecule has 2 aromatic heterocycles. The molecule has 2 aliphatic rings. The second-order valence-corrected chi connectivity index (χ2v) is 17.9. The van der Waals surface area contributed by atoms with Crippen molar-refractivity contribution in [2.45, 2.75) is 160 Å². The minimum Gasteiger partial charge on any atom is -0.330 e. The zero-order valence-electron chi connectivity index (χ0n) is 31.6. The average molecular weight is 745 g/mol. The molecule has 0 radical (unpaired) electrons. The summed E-state index contributed by atoms with van der Waals surface area (Å²) >= 11 is 5.78. The van der Waals surface area contributed by atoms with E-state index in [2.05, 4.69) is 72.0 Å². The molecule has 2 saturated carbocycles. The van der Waals surface area contributed by atoms with Crippen molar-refractivity contribution >= 4 is 34.4 Å². The Hall–Kier alpha value is -1.01. The van der Waals surface area contributed by atoms with Gasteiger partial charge in [0, 0.05) is 69.9 Å². The number of rotatable bonds is 24. The molecule has 2 fully saturated rings. The van der Waals surface area contributed by atoms with Gasteiger partial charge in [-0.3, -0.25) is 0 Å². The molecule has 2 heterocycles. The van der Waals surface area contributed by atoms with Crippen LogP contribution in [0.2, 0.25) is 0 Å². The van der Waals surface area contributed by atoms with Gasteiger partial charge in [-0.05, 0) is 106 Å². The summed E-state index contributed by atoms with van der Waals surface area (Å²) in [7, 11) is 0. The Morgan fingerprint density at radius 1 is 0.860 bits per heavy atom. The molecule has 6 nitrogen and oxygen atoms in total. The Balaban J connectivity index is 0.000000578. The third-order valence-corrected chi connectivity index (χ3v) is 13.3. The van der Waals surface area contributed by atoms with Crippen LogP contribution in [-0.2, 0) is 26.1 Å². The lowest BCUT2D eigenvalue weighted by Crippen LogP contribution is -2.49. The SMILES string of the molecule is C=CC/C=C(/CNC1CCCCC1NCc1ccc(CNC2CCCCC2)s1)SCCCNC(C)CCCCC.NCCc1ccc(CN)s1. The van der Waals surface area contributed by atoms with E-state index >= 15 is 0 Å². The fourth-order valence-electron chi connectivity index (χ4n) is 6.88. The van der Waals surface area contributed by atoms with Crippen molar-refractivity contribution in [3.05, 3.63) is 67.4 Å². The Morgan fingerprint density at radius 2 is 1.52 bits per heavy atom. The number of thioether (sulfide) groups is 1. The first-order valence-corrected chi connectivity index (χ1v) is 22.6. The van der Waals surface area contributed by atoms with E-state index < -0.39 is 0 Å². The predicted octanol–water partition coefficient (Wildman–Crippen LogP) is 9.01. The second kappa shape index (κ2) is 27.6. The van der Waals surface area contributed by atoms with Crippen molar-refractivity contribution in [1.29, 1.82) is 0 Å². The molecule has 0 aliphatic heterocycles. The van der Waals surface area contributed by atoms with E-state index in [0.717, 1.165) is 51.6 Å². The molecule has 284 valence electrons. The molecule has 9 heteroatoms. The number of hydrogen-bond donors (Lipinski definition) is 6. The van der Waals surface area contributed by atoms with Crippen LogP contribution in [0.5, 0.6) is 0 Å². The zero-order valence-corrected chi connectivity index (χ0v) is 34.1. The summed E-state index contributed by atoms with van der Waals surface area (Å²) in [5.74, 6) is 1.18. The fraction of sp³-hybridized carbons (Fsp3) is 0.707. The molecule has 50 heavy (non-hydrogen) atoms. The number of unbranched alkanes of at least 4 members (excludes halogenated alkanes) is 2. The molecule has 3 unspecified atom stereocenters. The van der Waals surface area contributed by atoms with Crippen molar-refractivity contribution in [2.24, 2.45) is 11.5 Å². The molecule has 0 saturated heterocycles. The Labute approximate surface area is 318 Å². The topological polar surface area (TPSA) is 100 Å². The lowest BCUT2D eigenvalue weighted by Gasteiger charge is -2.33. The third kappa shape index (κ3) is 18.7. The Morgan fingerprint density at radius 3 is 2.20 bits per heavy atom. The van der Waals surface area contributed by atoms with Crippen LogP contribution in [0.3, 0.4) is 0 Å². The van der Waals surface area contributed by atoms with Crippen LogP contribution < -0.4 is 32.7 Å². The minimum absolute atomic E-state index is 0.555. The van der Waals surface area contributed by atoms with Crippen molar-refractivity contribution in [1.82, 2.24) is 21.3 Å². The van der Waals surface area contributed by atoms with E-state index in [1.807, 2.05) is 29.2 Å². The molecule has 3 atom stereocenters. The fourth-order valence-corrected chi connectivity index (χ4v) is 9.66. The van der Waals surface area contributed by atoms with E-state index in [1.165, 1.54) is 120 Å². The highest BCUT2D eigenvalue weighted by Gasteiger charge is 2.24. The smallest absolute Gasteiger partial charge is 0.0303 e. The Bertz CT molecular complexity index is 1160. The average Bonchev–Trinajstić information content (AvgIpc) is 3.81. The monoisotopic (exact) mass is 744 g/mol. The maximum atomic E-state index is 5.44. The molecule has 0 bridgehead atoms. The first-order chi connectivity index (χ1) is 24.5. The second-order valence-electron chi connectivity index (χ2n) is 14.2.